The smallest absolute Gasteiger partial charge is 0.227 e. The van der Waals surface area contributed by atoms with Crippen LogP contribution in [0.4, 0.5) is 0 Å². The standard InChI is InChI=1S/C15H20N4O2/c1-18-5-6-19(12(9-18)10-20)14(21)7-11-8-17-15-13(11)3-2-4-16-15/h2-4,8,12,20H,5-7,9-10H2,1H3,(H,16,17). The summed E-state index contributed by atoms with van der Waals surface area (Å²) < 4.78 is 0. The molecule has 21 heavy (non-hydrogen) atoms. The van der Waals surface area contributed by atoms with E-state index in [4.69, 9.17) is 0 Å². The third kappa shape index (κ3) is 2.77. The zero-order chi connectivity index (χ0) is 14.8. The Kier molecular flexibility index (Phi) is 3.90. The van der Waals surface area contributed by atoms with Gasteiger partial charge in [-0.05, 0) is 24.7 Å². The van der Waals surface area contributed by atoms with Crippen molar-refractivity contribution in [1.82, 2.24) is 19.8 Å². The zero-order valence-corrected chi connectivity index (χ0v) is 12.1. The third-order valence-electron chi connectivity index (χ3n) is 4.10. The predicted molar refractivity (Wildman–Crippen MR) is 79.9 cm³/mol. The molecule has 112 valence electrons. The molecule has 2 aromatic rings. The fraction of sp³-hybridized carbons (Fsp3) is 0.467. The van der Waals surface area contributed by atoms with Crippen LogP contribution < -0.4 is 0 Å². The molecule has 1 atom stereocenters. The van der Waals surface area contributed by atoms with Crippen molar-refractivity contribution in [2.24, 2.45) is 0 Å². The maximum Gasteiger partial charge on any atom is 0.227 e. The highest BCUT2D eigenvalue weighted by atomic mass is 16.3. The number of amides is 1. The number of nitrogens with zero attached hydrogens (tertiary/aromatic N) is 3. The molecule has 1 aliphatic rings. The molecule has 0 radical (unpaired) electrons. The number of hydrogen-bond acceptors (Lipinski definition) is 4. The van der Waals surface area contributed by atoms with Gasteiger partial charge in [0.2, 0.25) is 5.91 Å². The molecule has 0 aliphatic carbocycles. The van der Waals surface area contributed by atoms with E-state index in [-0.39, 0.29) is 18.6 Å². The molecule has 1 amide bonds. The minimum Gasteiger partial charge on any atom is -0.394 e. The highest BCUT2D eigenvalue weighted by molar-refractivity contribution is 5.87. The molecule has 3 heterocycles. The van der Waals surface area contributed by atoms with E-state index in [1.54, 1.807) is 11.1 Å². The Bertz CT molecular complexity index is 639. The molecular weight excluding hydrogens is 268 g/mol. The van der Waals surface area contributed by atoms with Gasteiger partial charge >= 0.3 is 0 Å². The number of hydrogen-bond donors (Lipinski definition) is 2. The minimum absolute atomic E-state index is 0.00548. The summed E-state index contributed by atoms with van der Waals surface area (Å²) in [5.74, 6) is 0.0619. The third-order valence-corrected chi connectivity index (χ3v) is 4.10. The van der Waals surface area contributed by atoms with Gasteiger partial charge in [-0.1, -0.05) is 0 Å². The molecule has 2 N–H and O–H groups in total. The van der Waals surface area contributed by atoms with Gasteiger partial charge in [0.15, 0.2) is 0 Å². The van der Waals surface area contributed by atoms with Crippen LogP contribution in [0.25, 0.3) is 11.0 Å². The molecule has 1 saturated heterocycles. The van der Waals surface area contributed by atoms with E-state index in [2.05, 4.69) is 14.9 Å². The summed E-state index contributed by atoms with van der Waals surface area (Å²) in [6, 6.07) is 3.73. The maximum absolute atomic E-state index is 12.5. The van der Waals surface area contributed by atoms with Gasteiger partial charge in [-0.15, -0.1) is 0 Å². The number of carbonyl (C=O) groups excluding carboxylic acids is 1. The van der Waals surface area contributed by atoms with Crippen molar-refractivity contribution in [1.29, 1.82) is 0 Å². The van der Waals surface area contributed by atoms with Crippen molar-refractivity contribution in [2.45, 2.75) is 12.5 Å². The summed E-state index contributed by atoms with van der Waals surface area (Å²) in [6.45, 7) is 2.24. The number of aromatic amines is 1. The highest BCUT2D eigenvalue weighted by Gasteiger charge is 2.28. The van der Waals surface area contributed by atoms with Crippen LogP contribution in [0.3, 0.4) is 0 Å². The lowest BCUT2D eigenvalue weighted by Crippen LogP contribution is -2.55. The van der Waals surface area contributed by atoms with E-state index in [0.717, 1.165) is 29.7 Å². The van der Waals surface area contributed by atoms with Gasteiger partial charge in [0, 0.05) is 37.4 Å². The van der Waals surface area contributed by atoms with Gasteiger partial charge in [0.25, 0.3) is 0 Å². The van der Waals surface area contributed by atoms with Crippen molar-refractivity contribution in [3.05, 3.63) is 30.1 Å². The molecule has 0 aromatic carbocycles. The van der Waals surface area contributed by atoms with E-state index < -0.39 is 0 Å². The fourth-order valence-electron chi connectivity index (χ4n) is 2.92. The number of aliphatic hydroxyl groups is 1. The molecule has 0 saturated carbocycles. The van der Waals surface area contributed by atoms with Crippen LogP contribution >= 0.6 is 0 Å². The molecular formula is C15H20N4O2. The Labute approximate surface area is 123 Å². The highest BCUT2D eigenvalue weighted by Crippen LogP contribution is 2.18. The maximum atomic E-state index is 12.5. The zero-order valence-electron chi connectivity index (χ0n) is 12.1. The molecule has 6 nitrogen and oxygen atoms in total. The largest absolute Gasteiger partial charge is 0.394 e. The molecule has 1 fully saturated rings. The van der Waals surface area contributed by atoms with Gasteiger partial charge in [-0.2, -0.15) is 0 Å². The van der Waals surface area contributed by atoms with E-state index in [9.17, 15) is 9.90 Å². The summed E-state index contributed by atoms with van der Waals surface area (Å²) in [5.41, 5.74) is 1.76. The Hall–Kier alpha value is -1.92. The summed E-state index contributed by atoms with van der Waals surface area (Å²) in [5, 5.41) is 10.5. The first-order chi connectivity index (χ1) is 10.2. The first kappa shape index (κ1) is 14.0. The summed E-state index contributed by atoms with van der Waals surface area (Å²) in [6.07, 6.45) is 3.91. The Morgan fingerprint density at radius 2 is 2.38 bits per heavy atom. The number of rotatable bonds is 3. The average molecular weight is 288 g/mol. The first-order valence-corrected chi connectivity index (χ1v) is 7.19. The normalized spacial score (nSPS) is 20.1. The number of fused-ring (bicyclic) bond motifs is 1. The van der Waals surface area contributed by atoms with Crippen LogP contribution in [0.1, 0.15) is 5.56 Å². The van der Waals surface area contributed by atoms with Crippen molar-refractivity contribution in [3.8, 4) is 0 Å². The van der Waals surface area contributed by atoms with Gasteiger partial charge < -0.3 is 19.9 Å². The molecule has 6 heteroatoms. The molecule has 0 bridgehead atoms. The van der Waals surface area contributed by atoms with Crippen LogP contribution in [-0.4, -0.2) is 70.1 Å². The average Bonchev–Trinajstić information content (AvgIpc) is 2.90. The van der Waals surface area contributed by atoms with E-state index >= 15 is 0 Å². The predicted octanol–water partition coefficient (Wildman–Crippen LogP) is 0.240. The van der Waals surface area contributed by atoms with Crippen LogP contribution in [0.2, 0.25) is 0 Å². The van der Waals surface area contributed by atoms with Crippen molar-refractivity contribution < 1.29 is 9.90 Å². The van der Waals surface area contributed by atoms with Gasteiger partial charge in [0.05, 0.1) is 19.1 Å². The van der Waals surface area contributed by atoms with Crippen LogP contribution in [-0.2, 0) is 11.2 Å². The number of piperazine rings is 1. The van der Waals surface area contributed by atoms with Gasteiger partial charge in [-0.3, -0.25) is 4.79 Å². The van der Waals surface area contributed by atoms with Gasteiger partial charge in [0.1, 0.15) is 5.65 Å². The Morgan fingerprint density at radius 3 is 3.19 bits per heavy atom. The van der Waals surface area contributed by atoms with Crippen molar-refractivity contribution in [2.75, 3.05) is 33.3 Å². The number of carbonyl (C=O) groups is 1. The second-order valence-corrected chi connectivity index (χ2v) is 5.58. The van der Waals surface area contributed by atoms with Crippen LogP contribution in [0, 0.1) is 0 Å². The minimum atomic E-state index is -0.111. The Balaban J connectivity index is 1.76. The lowest BCUT2D eigenvalue weighted by molar-refractivity contribution is -0.136. The molecule has 1 unspecified atom stereocenters. The quantitative estimate of drug-likeness (QED) is 0.848. The number of likely N-dealkylation sites (N-methyl/N-ethyl adjacent to an activating group) is 1. The second kappa shape index (κ2) is 5.83. The lowest BCUT2D eigenvalue weighted by atomic mass is 10.1. The first-order valence-electron chi connectivity index (χ1n) is 7.19. The number of H-pyrrole nitrogens is 1. The SMILES string of the molecule is CN1CCN(C(=O)Cc2c[nH]c3ncccc23)C(CO)C1. The van der Waals surface area contributed by atoms with Crippen molar-refractivity contribution >= 4 is 16.9 Å². The fourth-order valence-corrected chi connectivity index (χ4v) is 2.92. The Morgan fingerprint density at radius 1 is 1.52 bits per heavy atom. The second-order valence-electron chi connectivity index (χ2n) is 5.58. The number of nitrogens with one attached hydrogen (secondary N) is 1. The number of aliphatic hydroxyl groups excluding tert-OH is 1. The lowest BCUT2D eigenvalue weighted by Gasteiger charge is -2.39. The number of aromatic nitrogens is 2. The summed E-state index contributed by atoms with van der Waals surface area (Å²) >= 11 is 0. The molecule has 3 rings (SSSR count). The van der Waals surface area contributed by atoms with Gasteiger partial charge in [-0.25, -0.2) is 4.98 Å². The van der Waals surface area contributed by atoms with Crippen LogP contribution in [0.15, 0.2) is 24.5 Å². The molecule has 0 spiro atoms. The van der Waals surface area contributed by atoms with E-state index in [1.807, 2.05) is 25.4 Å². The summed E-state index contributed by atoms with van der Waals surface area (Å²) in [4.78, 5) is 23.8. The van der Waals surface area contributed by atoms with E-state index in [0.29, 0.717) is 13.0 Å². The number of pyridine rings is 1. The topological polar surface area (TPSA) is 72.5 Å². The molecule has 2 aromatic heterocycles. The summed E-state index contributed by atoms with van der Waals surface area (Å²) in [7, 11) is 2.01. The molecule has 1 aliphatic heterocycles. The van der Waals surface area contributed by atoms with Crippen molar-refractivity contribution in [3.63, 3.8) is 0 Å². The van der Waals surface area contributed by atoms with E-state index in [1.165, 1.54) is 0 Å². The van der Waals surface area contributed by atoms with Crippen LogP contribution in [0.5, 0.6) is 0 Å². The monoisotopic (exact) mass is 288 g/mol.